The van der Waals surface area contributed by atoms with E-state index < -0.39 is 10.0 Å². The molecule has 7 heteroatoms. The largest absolute Gasteiger partial charge is 0.288 e. The van der Waals surface area contributed by atoms with E-state index in [1.807, 2.05) is 0 Å². The standard InChI is InChI=1S/C13H9Br2NO3S/c1-8-7-10(11(14)12(15)13(8)17)16-20(18,19)9-5-3-2-4-6-9/h2-7H,1H3/b16-10+. The minimum absolute atomic E-state index is 0.104. The van der Waals surface area contributed by atoms with Crippen LogP contribution in [0.3, 0.4) is 0 Å². The third-order valence-corrected chi connectivity index (χ3v) is 5.98. The highest BCUT2D eigenvalue weighted by molar-refractivity contribution is 9.14. The highest BCUT2D eigenvalue weighted by Crippen LogP contribution is 2.29. The van der Waals surface area contributed by atoms with Gasteiger partial charge >= 0.3 is 0 Å². The number of hydrogen-bond acceptors (Lipinski definition) is 3. The Morgan fingerprint density at radius 3 is 2.25 bits per heavy atom. The van der Waals surface area contributed by atoms with Crippen molar-refractivity contribution in [3.8, 4) is 0 Å². The molecule has 0 unspecified atom stereocenters. The van der Waals surface area contributed by atoms with Gasteiger partial charge in [0.15, 0.2) is 5.78 Å². The highest BCUT2D eigenvalue weighted by Gasteiger charge is 2.24. The van der Waals surface area contributed by atoms with Crippen LogP contribution in [0.1, 0.15) is 6.92 Å². The number of ketones is 1. The van der Waals surface area contributed by atoms with Crippen molar-refractivity contribution in [1.29, 1.82) is 0 Å². The van der Waals surface area contributed by atoms with E-state index in [-0.39, 0.29) is 20.9 Å². The van der Waals surface area contributed by atoms with Gasteiger partial charge in [-0.3, -0.25) is 4.79 Å². The average Bonchev–Trinajstić information content (AvgIpc) is 2.43. The highest BCUT2D eigenvalue weighted by atomic mass is 79.9. The van der Waals surface area contributed by atoms with Crippen LogP contribution in [0.25, 0.3) is 0 Å². The number of carbonyl (C=O) groups is 1. The maximum atomic E-state index is 12.2. The molecule has 0 aliphatic heterocycles. The van der Waals surface area contributed by atoms with E-state index in [4.69, 9.17) is 0 Å². The molecule has 0 atom stereocenters. The summed E-state index contributed by atoms with van der Waals surface area (Å²) in [6.45, 7) is 1.60. The molecule has 0 saturated carbocycles. The van der Waals surface area contributed by atoms with Crippen molar-refractivity contribution >= 4 is 53.4 Å². The summed E-state index contributed by atoms with van der Waals surface area (Å²) >= 11 is 6.32. The van der Waals surface area contributed by atoms with Crippen molar-refractivity contribution in [2.24, 2.45) is 4.40 Å². The molecule has 0 saturated heterocycles. The Kier molecular flexibility index (Phi) is 4.41. The fraction of sp³-hybridized carbons (Fsp3) is 0.0769. The van der Waals surface area contributed by atoms with Crippen molar-refractivity contribution in [2.75, 3.05) is 0 Å². The van der Waals surface area contributed by atoms with E-state index in [9.17, 15) is 13.2 Å². The van der Waals surface area contributed by atoms with Gasteiger partial charge in [0.05, 0.1) is 19.6 Å². The summed E-state index contributed by atoms with van der Waals surface area (Å²) in [5, 5.41) is 0. The Bertz CT molecular complexity index is 762. The monoisotopic (exact) mass is 417 g/mol. The Balaban J connectivity index is 2.54. The first-order valence-corrected chi connectivity index (χ1v) is 8.54. The molecule has 0 radical (unpaired) electrons. The number of Topliss-reactive ketones (excluding diaryl/α,β-unsaturated/α-hetero) is 1. The number of sulfonamides is 1. The zero-order chi connectivity index (χ0) is 14.9. The normalized spacial score (nSPS) is 18.4. The number of nitrogens with zero attached hydrogens (tertiary/aromatic N) is 1. The second-order valence-corrected chi connectivity index (χ2v) is 7.24. The molecule has 1 aliphatic rings. The molecule has 0 bridgehead atoms. The number of rotatable bonds is 2. The minimum Gasteiger partial charge on any atom is -0.288 e. The molecule has 0 N–H and O–H groups in total. The molecule has 1 aliphatic carbocycles. The van der Waals surface area contributed by atoms with Gasteiger partial charge < -0.3 is 0 Å². The van der Waals surface area contributed by atoms with Crippen molar-refractivity contribution in [2.45, 2.75) is 11.8 Å². The Hall–Kier alpha value is -1.05. The van der Waals surface area contributed by atoms with E-state index in [0.29, 0.717) is 10.1 Å². The second-order valence-electron chi connectivity index (χ2n) is 4.05. The van der Waals surface area contributed by atoms with E-state index >= 15 is 0 Å². The summed E-state index contributed by atoms with van der Waals surface area (Å²) in [6, 6.07) is 7.91. The SMILES string of the molecule is CC1=C/C(=N\S(=O)(=O)c2ccccc2)C(Br)=C(Br)C1=O. The fourth-order valence-corrected chi connectivity index (χ4v) is 3.59. The molecule has 0 spiro atoms. The molecule has 4 nitrogen and oxygen atoms in total. The fourth-order valence-electron chi connectivity index (χ4n) is 1.56. The maximum absolute atomic E-state index is 12.2. The molecule has 2 rings (SSSR count). The Labute approximate surface area is 133 Å². The number of carbonyl (C=O) groups excluding carboxylic acids is 1. The molecule has 0 fully saturated rings. The van der Waals surface area contributed by atoms with Gasteiger partial charge in [0.25, 0.3) is 10.0 Å². The second kappa shape index (κ2) is 5.75. The number of benzene rings is 1. The Morgan fingerprint density at radius 2 is 1.65 bits per heavy atom. The maximum Gasteiger partial charge on any atom is 0.282 e. The summed E-state index contributed by atoms with van der Waals surface area (Å²) in [6.07, 6.45) is 1.44. The quantitative estimate of drug-likeness (QED) is 0.691. The lowest BCUT2D eigenvalue weighted by Crippen LogP contribution is -2.14. The molecular formula is C13H9Br2NO3S. The van der Waals surface area contributed by atoms with Gasteiger partial charge in [0.1, 0.15) is 0 Å². The molecule has 0 aromatic heterocycles. The number of halogens is 2. The number of hydrogen-bond donors (Lipinski definition) is 0. The first kappa shape index (κ1) is 15.3. The van der Waals surface area contributed by atoms with Crippen molar-refractivity contribution in [3.63, 3.8) is 0 Å². The van der Waals surface area contributed by atoms with Gasteiger partial charge in [0.2, 0.25) is 0 Å². The summed E-state index contributed by atoms with van der Waals surface area (Å²) < 4.78 is 28.7. The molecule has 0 amide bonds. The van der Waals surface area contributed by atoms with Crippen LogP contribution in [0.4, 0.5) is 0 Å². The minimum atomic E-state index is -3.81. The first-order valence-electron chi connectivity index (χ1n) is 5.51. The van der Waals surface area contributed by atoms with Gasteiger partial charge in [-0.1, -0.05) is 18.2 Å². The van der Waals surface area contributed by atoms with Crippen LogP contribution in [0.15, 0.2) is 60.2 Å². The summed E-state index contributed by atoms with van der Waals surface area (Å²) in [5.74, 6) is -0.201. The van der Waals surface area contributed by atoms with Crippen LogP contribution in [0.5, 0.6) is 0 Å². The van der Waals surface area contributed by atoms with Gasteiger partial charge in [-0.2, -0.15) is 12.8 Å². The van der Waals surface area contributed by atoms with Crippen LogP contribution < -0.4 is 0 Å². The van der Waals surface area contributed by atoms with Crippen LogP contribution in [-0.2, 0) is 14.8 Å². The predicted molar refractivity (Wildman–Crippen MR) is 84.7 cm³/mol. The Morgan fingerprint density at radius 1 is 1.05 bits per heavy atom. The zero-order valence-corrected chi connectivity index (χ0v) is 14.3. The van der Waals surface area contributed by atoms with Gasteiger partial charge in [0, 0.05) is 0 Å². The first-order chi connectivity index (χ1) is 9.33. The predicted octanol–water partition coefficient (Wildman–Crippen LogP) is 3.35. The lowest BCUT2D eigenvalue weighted by atomic mass is 10.1. The van der Waals surface area contributed by atoms with Gasteiger partial charge in [-0.05, 0) is 62.6 Å². The van der Waals surface area contributed by atoms with Gasteiger partial charge in [-0.15, -0.1) is 0 Å². The van der Waals surface area contributed by atoms with E-state index in [1.165, 1.54) is 18.2 Å². The molecule has 1 aromatic rings. The third kappa shape index (κ3) is 2.99. The van der Waals surface area contributed by atoms with Crippen LogP contribution in [0, 0.1) is 0 Å². The van der Waals surface area contributed by atoms with Crippen LogP contribution in [0.2, 0.25) is 0 Å². The van der Waals surface area contributed by atoms with E-state index in [1.54, 1.807) is 25.1 Å². The molecular weight excluding hydrogens is 410 g/mol. The van der Waals surface area contributed by atoms with Gasteiger partial charge in [-0.25, -0.2) is 0 Å². The van der Waals surface area contributed by atoms with Crippen LogP contribution in [-0.4, -0.2) is 19.9 Å². The van der Waals surface area contributed by atoms with Crippen molar-refractivity contribution in [3.05, 3.63) is 50.9 Å². The molecule has 1 aromatic carbocycles. The lowest BCUT2D eigenvalue weighted by Gasteiger charge is -2.11. The third-order valence-electron chi connectivity index (χ3n) is 2.59. The molecule has 20 heavy (non-hydrogen) atoms. The zero-order valence-electron chi connectivity index (χ0n) is 10.3. The smallest absolute Gasteiger partial charge is 0.282 e. The van der Waals surface area contributed by atoms with Crippen molar-refractivity contribution in [1.82, 2.24) is 0 Å². The lowest BCUT2D eigenvalue weighted by molar-refractivity contribution is -0.111. The average molecular weight is 419 g/mol. The van der Waals surface area contributed by atoms with E-state index in [0.717, 1.165) is 0 Å². The summed E-state index contributed by atoms with van der Waals surface area (Å²) in [5.41, 5.74) is 0.611. The summed E-state index contributed by atoms with van der Waals surface area (Å²) in [4.78, 5) is 11.8. The van der Waals surface area contributed by atoms with E-state index in [2.05, 4.69) is 36.3 Å². The molecule has 0 heterocycles. The van der Waals surface area contributed by atoms with Crippen LogP contribution >= 0.6 is 31.9 Å². The summed E-state index contributed by atoms with van der Waals surface area (Å²) in [7, 11) is -3.81. The van der Waals surface area contributed by atoms with Crippen molar-refractivity contribution < 1.29 is 13.2 Å². The number of allylic oxidation sites excluding steroid dienone is 4. The topological polar surface area (TPSA) is 63.6 Å². The molecule has 104 valence electrons.